The molecule has 1 fully saturated rings. The molecule has 3 heterocycles. The summed E-state index contributed by atoms with van der Waals surface area (Å²) in [5, 5.41) is 0. The third kappa shape index (κ3) is 3.53. The SMILES string of the molecule is Cc1cccc(C)c1C(=O)N1CCN(c2cnc(N)c(-c3nc4ccccc4[nH]3)n2)CC1.[HH].[HH]. The lowest BCUT2D eigenvalue weighted by molar-refractivity contribution is 0.0745. The summed E-state index contributed by atoms with van der Waals surface area (Å²) in [7, 11) is 0. The largest absolute Gasteiger partial charge is 0.382 e. The van der Waals surface area contributed by atoms with Gasteiger partial charge in [-0.2, -0.15) is 0 Å². The molecule has 0 spiro atoms. The van der Waals surface area contributed by atoms with E-state index < -0.39 is 0 Å². The van der Waals surface area contributed by atoms with E-state index in [9.17, 15) is 4.79 Å². The van der Waals surface area contributed by atoms with Gasteiger partial charge in [-0.15, -0.1) is 0 Å². The van der Waals surface area contributed by atoms with Crippen molar-refractivity contribution in [1.29, 1.82) is 0 Å². The first kappa shape index (κ1) is 20.0. The lowest BCUT2D eigenvalue weighted by Gasteiger charge is -2.35. The quantitative estimate of drug-likeness (QED) is 0.513. The fraction of sp³-hybridized carbons (Fsp3) is 0.250. The molecule has 8 heteroatoms. The predicted molar refractivity (Wildman–Crippen MR) is 130 cm³/mol. The summed E-state index contributed by atoms with van der Waals surface area (Å²) in [6, 6.07) is 13.8. The topological polar surface area (TPSA) is 104 Å². The number of hydrogen-bond acceptors (Lipinski definition) is 6. The van der Waals surface area contributed by atoms with E-state index in [1.165, 1.54) is 0 Å². The first-order valence-electron chi connectivity index (χ1n) is 10.7. The summed E-state index contributed by atoms with van der Waals surface area (Å²) < 4.78 is 0. The summed E-state index contributed by atoms with van der Waals surface area (Å²) in [5.41, 5.74) is 11.3. The highest BCUT2D eigenvalue weighted by Crippen LogP contribution is 2.26. The van der Waals surface area contributed by atoms with Gasteiger partial charge >= 0.3 is 0 Å². The molecule has 166 valence electrons. The van der Waals surface area contributed by atoms with Crippen LogP contribution in [-0.2, 0) is 0 Å². The molecule has 3 N–H and O–H groups in total. The van der Waals surface area contributed by atoms with Crippen molar-refractivity contribution >= 4 is 28.6 Å². The molecule has 4 aromatic rings. The van der Waals surface area contributed by atoms with Crippen LogP contribution in [0.2, 0.25) is 0 Å². The summed E-state index contributed by atoms with van der Waals surface area (Å²) in [6.45, 7) is 6.57. The molecule has 2 aromatic heterocycles. The maximum atomic E-state index is 13.1. The fourth-order valence-corrected chi connectivity index (χ4v) is 4.23. The zero-order chi connectivity index (χ0) is 22.2. The smallest absolute Gasteiger partial charge is 0.254 e. The zero-order valence-electron chi connectivity index (χ0n) is 18.2. The van der Waals surface area contributed by atoms with Crippen LogP contribution in [0, 0.1) is 13.8 Å². The molecule has 0 saturated carbocycles. The minimum absolute atomic E-state index is 0. The van der Waals surface area contributed by atoms with Crippen molar-refractivity contribution in [1.82, 2.24) is 24.8 Å². The van der Waals surface area contributed by atoms with Crippen molar-refractivity contribution in [2.75, 3.05) is 36.8 Å². The molecule has 2 aromatic carbocycles. The zero-order valence-corrected chi connectivity index (χ0v) is 18.2. The number of carbonyl (C=O) groups excluding carboxylic acids is 1. The van der Waals surface area contributed by atoms with E-state index in [0.717, 1.165) is 33.5 Å². The van der Waals surface area contributed by atoms with E-state index in [-0.39, 0.29) is 8.76 Å². The molecule has 8 nitrogen and oxygen atoms in total. The van der Waals surface area contributed by atoms with Gasteiger partial charge in [-0.1, -0.05) is 30.3 Å². The highest BCUT2D eigenvalue weighted by molar-refractivity contribution is 5.97. The number of nitrogens with one attached hydrogen (secondary N) is 1. The molecule has 5 rings (SSSR count). The number of aromatic amines is 1. The summed E-state index contributed by atoms with van der Waals surface area (Å²) in [5.74, 6) is 1.75. The van der Waals surface area contributed by atoms with Gasteiger partial charge in [0.2, 0.25) is 0 Å². The summed E-state index contributed by atoms with van der Waals surface area (Å²) >= 11 is 0. The van der Waals surface area contributed by atoms with Crippen LogP contribution < -0.4 is 10.6 Å². The Balaban J connectivity index is 0.00000162. The van der Waals surface area contributed by atoms with Crippen molar-refractivity contribution in [3.05, 3.63) is 65.4 Å². The Morgan fingerprint density at radius 1 is 1.00 bits per heavy atom. The molecule has 0 radical (unpaired) electrons. The monoisotopic (exact) mass is 431 g/mol. The number of rotatable bonds is 3. The fourth-order valence-electron chi connectivity index (χ4n) is 4.23. The Morgan fingerprint density at radius 2 is 1.72 bits per heavy atom. The first-order chi connectivity index (χ1) is 15.5. The van der Waals surface area contributed by atoms with Crippen LogP contribution in [0.25, 0.3) is 22.6 Å². The van der Waals surface area contributed by atoms with Gasteiger partial charge in [-0.3, -0.25) is 4.79 Å². The molecular formula is C24H29N7O. The second-order valence-electron chi connectivity index (χ2n) is 8.11. The maximum Gasteiger partial charge on any atom is 0.254 e. The minimum Gasteiger partial charge on any atom is -0.382 e. The average Bonchev–Trinajstić information content (AvgIpc) is 3.23. The van der Waals surface area contributed by atoms with Crippen LogP contribution >= 0.6 is 0 Å². The number of aromatic nitrogens is 4. The van der Waals surface area contributed by atoms with E-state index in [2.05, 4.69) is 19.9 Å². The number of nitrogens with two attached hydrogens (primary N) is 1. The van der Waals surface area contributed by atoms with Gasteiger partial charge in [-0.05, 0) is 37.1 Å². The van der Waals surface area contributed by atoms with Crippen LogP contribution in [0.5, 0.6) is 0 Å². The highest BCUT2D eigenvalue weighted by atomic mass is 16.2. The van der Waals surface area contributed by atoms with Gasteiger partial charge in [-0.25, -0.2) is 15.0 Å². The first-order valence-corrected chi connectivity index (χ1v) is 10.7. The van der Waals surface area contributed by atoms with Crippen molar-refractivity contribution < 1.29 is 7.65 Å². The van der Waals surface area contributed by atoms with Gasteiger partial charge in [0.25, 0.3) is 5.91 Å². The van der Waals surface area contributed by atoms with E-state index in [1.807, 2.05) is 61.2 Å². The van der Waals surface area contributed by atoms with Gasteiger partial charge < -0.3 is 20.5 Å². The third-order valence-electron chi connectivity index (χ3n) is 5.99. The molecule has 1 aliphatic heterocycles. The van der Waals surface area contributed by atoms with Crippen LogP contribution in [0.15, 0.2) is 48.7 Å². The normalized spacial score (nSPS) is 14.2. The Hall–Kier alpha value is -3.94. The highest BCUT2D eigenvalue weighted by Gasteiger charge is 2.25. The summed E-state index contributed by atoms with van der Waals surface area (Å²) in [4.78, 5) is 34.1. The van der Waals surface area contributed by atoms with Crippen molar-refractivity contribution in [2.45, 2.75) is 13.8 Å². The number of hydrogen-bond donors (Lipinski definition) is 2. The number of H-pyrrole nitrogens is 1. The maximum absolute atomic E-state index is 13.1. The molecule has 0 bridgehead atoms. The Kier molecular flexibility index (Phi) is 4.97. The molecule has 0 atom stereocenters. The third-order valence-corrected chi connectivity index (χ3v) is 5.99. The van der Waals surface area contributed by atoms with Gasteiger partial charge in [0.15, 0.2) is 17.3 Å². The molecule has 1 amide bonds. The number of nitrogens with zero attached hydrogens (tertiary/aromatic N) is 5. The van der Waals surface area contributed by atoms with Gasteiger partial charge in [0, 0.05) is 34.6 Å². The molecule has 0 aliphatic carbocycles. The van der Waals surface area contributed by atoms with Crippen molar-refractivity contribution in [2.24, 2.45) is 0 Å². The number of para-hydroxylation sites is 2. The Morgan fingerprint density at radius 3 is 2.44 bits per heavy atom. The Bertz CT molecular complexity index is 1260. The number of anilines is 2. The molecular weight excluding hydrogens is 402 g/mol. The van der Waals surface area contributed by atoms with Gasteiger partial charge in [0.05, 0.1) is 17.2 Å². The van der Waals surface area contributed by atoms with E-state index in [0.29, 0.717) is 43.5 Å². The standard InChI is InChI=1S/C24H25N7O.2H2/c1-15-6-5-7-16(2)20(15)24(32)31-12-10-30(11-13-31)19-14-26-22(25)21(29-19)23-27-17-8-3-4-9-18(17)28-23;;/h3-9,14H,10-13H2,1-2H3,(H2,25,26)(H,27,28);2*1H. The van der Waals surface area contributed by atoms with E-state index in [1.54, 1.807) is 6.20 Å². The van der Waals surface area contributed by atoms with E-state index in [4.69, 9.17) is 10.7 Å². The lowest BCUT2D eigenvalue weighted by Crippen LogP contribution is -2.49. The van der Waals surface area contributed by atoms with Crippen LogP contribution in [0.3, 0.4) is 0 Å². The Labute approximate surface area is 189 Å². The average molecular weight is 432 g/mol. The molecule has 32 heavy (non-hydrogen) atoms. The number of carbonyl (C=O) groups is 1. The lowest BCUT2D eigenvalue weighted by atomic mass is 10.0. The molecule has 1 saturated heterocycles. The van der Waals surface area contributed by atoms with Crippen molar-refractivity contribution in [3.8, 4) is 11.5 Å². The van der Waals surface area contributed by atoms with Gasteiger partial charge in [0.1, 0.15) is 5.82 Å². The van der Waals surface area contributed by atoms with Crippen LogP contribution in [0.1, 0.15) is 24.3 Å². The second-order valence-corrected chi connectivity index (χ2v) is 8.11. The predicted octanol–water partition coefficient (Wildman–Crippen LogP) is 3.67. The summed E-state index contributed by atoms with van der Waals surface area (Å²) in [6.07, 6.45) is 1.68. The van der Waals surface area contributed by atoms with Crippen LogP contribution in [-0.4, -0.2) is 56.9 Å². The van der Waals surface area contributed by atoms with Crippen molar-refractivity contribution in [3.63, 3.8) is 0 Å². The number of aryl methyl sites for hydroxylation is 2. The number of piperazine rings is 1. The second kappa shape index (κ2) is 7.96. The molecule has 1 aliphatic rings. The number of nitrogen functional groups attached to an aromatic ring is 1. The number of benzene rings is 2. The van der Waals surface area contributed by atoms with E-state index >= 15 is 0 Å². The number of fused-ring (bicyclic) bond motifs is 1. The minimum atomic E-state index is 0. The van der Waals surface area contributed by atoms with Crippen LogP contribution in [0.4, 0.5) is 11.6 Å². The number of amides is 1. The molecule has 0 unspecified atom stereocenters. The number of imidazole rings is 1.